The highest BCUT2D eigenvalue weighted by Gasteiger charge is 2.49. The second kappa shape index (κ2) is 5.54. The summed E-state index contributed by atoms with van der Waals surface area (Å²) in [5.74, 6) is 0.214. The van der Waals surface area contributed by atoms with Gasteiger partial charge in [0.05, 0.1) is 5.54 Å². The summed E-state index contributed by atoms with van der Waals surface area (Å²) in [6.07, 6.45) is 0.795. The third kappa shape index (κ3) is 4.43. The van der Waals surface area contributed by atoms with E-state index in [0.717, 1.165) is 19.5 Å². The van der Waals surface area contributed by atoms with Crippen LogP contribution in [0.3, 0.4) is 0 Å². The van der Waals surface area contributed by atoms with Crippen LogP contribution in [-0.4, -0.2) is 46.1 Å². The molecule has 0 radical (unpaired) electrons. The molecule has 1 rings (SSSR count). The standard InChI is InChI=1S/C17H35N3O/c1-10-17(9)13(21)20(15(5,6)7)12-16(8,19-17)11-18-14(2,3)4/h18-19H,10-12H2,1-9H3. The Labute approximate surface area is 131 Å². The summed E-state index contributed by atoms with van der Waals surface area (Å²) in [4.78, 5) is 14.9. The summed E-state index contributed by atoms with van der Waals surface area (Å²) in [5.41, 5.74) is -0.695. The highest BCUT2D eigenvalue weighted by molar-refractivity contribution is 5.87. The second-order valence-corrected chi connectivity index (χ2v) is 9.04. The number of hydrogen-bond donors (Lipinski definition) is 2. The van der Waals surface area contributed by atoms with Crippen molar-refractivity contribution in [2.75, 3.05) is 13.1 Å². The van der Waals surface area contributed by atoms with Gasteiger partial charge in [-0.3, -0.25) is 10.1 Å². The Morgan fingerprint density at radius 2 is 1.71 bits per heavy atom. The van der Waals surface area contributed by atoms with Gasteiger partial charge in [-0.2, -0.15) is 0 Å². The van der Waals surface area contributed by atoms with Crippen LogP contribution in [-0.2, 0) is 4.79 Å². The van der Waals surface area contributed by atoms with Crippen molar-refractivity contribution in [1.82, 2.24) is 15.5 Å². The maximum atomic E-state index is 12.9. The minimum Gasteiger partial charge on any atom is -0.334 e. The molecule has 2 atom stereocenters. The number of nitrogens with zero attached hydrogens (tertiary/aromatic N) is 1. The molecule has 1 fully saturated rings. The smallest absolute Gasteiger partial charge is 0.243 e. The number of amides is 1. The maximum absolute atomic E-state index is 12.9. The van der Waals surface area contributed by atoms with E-state index in [2.05, 4.69) is 66.0 Å². The fraction of sp³-hybridized carbons (Fsp3) is 0.941. The third-order valence-electron chi connectivity index (χ3n) is 4.33. The predicted molar refractivity (Wildman–Crippen MR) is 89.5 cm³/mol. The zero-order chi connectivity index (χ0) is 16.7. The molecular formula is C17H35N3O. The van der Waals surface area contributed by atoms with Crippen molar-refractivity contribution in [2.24, 2.45) is 0 Å². The normalized spacial score (nSPS) is 31.7. The van der Waals surface area contributed by atoms with E-state index in [0.29, 0.717) is 0 Å². The van der Waals surface area contributed by atoms with E-state index in [9.17, 15) is 4.79 Å². The van der Waals surface area contributed by atoms with Gasteiger partial charge < -0.3 is 10.2 Å². The number of rotatable bonds is 3. The van der Waals surface area contributed by atoms with Gasteiger partial charge in [-0.1, -0.05) is 6.92 Å². The molecule has 0 spiro atoms. The monoisotopic (exact) mass is 297 g/mol. The van der Waals surface area contributed by atoms with Gasteiger partial charge in [0, 0.05) is 29.7 Å². The summed E-state index contributed by atoms with van der Waals surface area (Å²) >= 11 is 0. The lowest BCUT2D eigenvalue weighted by atomic mass is 9.83. The number of nitrogens with one attached hydrogen (secondary N) is 2. The van der Waals surface area contributed by atoms with Gasteiger partial charge in [-0.05, 0) is 61.8 Å². The first kappa shape index (κ1) is 18.4. The van der Waals surface area contributed by atoms with Gasteiger partial charge in [0.25, 0.3) is 0 Å². The molecule has 4 nitrogen and oxygen atoms in total. The Kier molecular flexibility index (Phi) is 4.87. The molecule has 1 amide bonds. The topological polar surface area (TPSA) is 44.4 Å². The van der Waals surface area contributed by atoms with Gasteiger partial charge in [-0.15, -0.1) is 0 Å². The molecule has 4 heteroatoms. The van der Waals surface area contributed by atoms with Crippen LogP contribution >= 0.6 is 0 Å². The highest BCUT2D eigenvalue weighted by atomic mass is 16.2. The van der Waals surface area contributed by atoms with Crippen molar-refractivity contribution in [1.29, 1.82) is 0 Å². The number of piperazine rings is 1. The molecule has 0 bridgehead atoms. The number of hydrogen-bond acceptors (Lipinski definition) is 3. The van der Waals surface area contributed by atoms with Crippen LogP contribution in [0.2, 0.25) is 0 Å². The largest absolute Gasteiger partial charge is 0.334 e. The second-order valence-electron chi connectivity index (χ2n) is 9.04. The average molecular weight is 297 g/mol. The quantitative estimate of drug-likeness (QED) is 0.841. The van der Waals surface area contributed by atoms with Gasteiger partial charge >= 0.3 is 0 Å². The molecule has 0 aliphatic carbocycles. The summed E-state index contributed by atoms with van der Waals surface area (Å²) in [5, 5.41) is 7.21. The predicted octanol–water partition coefficient (Wildman–Crippen LogP) is 2.53. The van der Waals surface area contributed by atoms with Crippen molar-refractivity contribution in [3.05, 3.63) is 0 Å². The van der Waals surface area contributed by atoms with Crippen molar-refractivity contribution in [2.45, 2.75) is 90.9 Å². The van der Waals surface area contributed by atoms with Gasteiger partial charge in [-0.25, -0.2) is 0 Å². The first-order valence-corrected chi connectivity index (χ1v) is 8.09. The Hall–Kier alpha value is -0.610. The Bertz CT molecular complexity index is 394. The van der Waals surface area contributed by atoms with E-state index < -0.39 is 5.54 Å². The SMILES string of the molecule is CCC1(C)NC(C)(CNC(C)(C)C)CN(C(C)(C)C)C1=O. The minimum atomic E-state index is -0.486. The number of carbonyl (C=O) groups excluding carboxylic acids is 1. The zero-order valence-corrected chi connectivity index (χ0v) is 15.5. The molecule has 0 saturated carbocycles. The van der Waals surface area contributed by atoms with E-state index in [1.54, 1.807) is 0 Å². The Morgan fingerprint density at radius 3 is 2.10 bits per heavy atom. The maximum Gasteiger partial charge on any atom is 0.243 e. The van der Waals surface area contributed by atoms with Crippen LogP contribution < -0.4 is 10.6 Å². The molecule has 0 aromatic rings. The average Bonchev–Trinajstić information content (AvgIpc) is 2.30. The van der Waals surface area contributed by atoms with E-state index in [1.807, 2.05) is 11.8 Å². The fourth-order valence-corrected chi connectivity index (χ4v) is 2.82. The number of carbonyl (C=O) groups is 1. The highest BCUT2D eigenvalue weighted by Crippen LogP contribution is 2.30. The lowest BCUT2D eigenvalue weighted by Gasteiger charge is -2.54. The minimum absolute atomic E-state index is 0.0708. The van der Waals surface area contributed by atoms with Crippen molar-refractivity contribution in [3.63, 3.8) is 0 Å². The molecule has 21 heavy (non-hydrogen) atoms. The molecule has 2 unspecified atom stereocenters. The van der Waals surface area contributed by atoms with Gasteiger partial charge in [0.2, 0.25) is 5.91 Å². The molecule has 0 aromatic carbocycles. The third-order valence-corrected chi connectivity index (χ3v) is 4.33. The zero-order valence-electron chi connectivity index (χ0n) is 15.5. The summed E-state index contributed by atoms with van der Waals surface area (Å²) < 4.78 is 0. The molecule has 0 aromatic heterocycles. The van der Waals surface area contributed by atoms with Crippen LogP contribution in [0.4, 0.5) is 0 Å². The lowest BCUT2D eigenvalue weighted by Crippen LogP contribution is -2.76. The summed E-state index contributed by atoms with van der Waals surface area (Å²) in [6, 6.07) is 0. The van der Waals surface area contributed by atoms with Crippen LogP contribution in [0.15, 0.2) is 0 Å². The molecule has 1 aliphatic rings. The van der Waals surface area contributed by atoms with Gasteiger partial charge in [0.1, 0.15) is 0 Å². The summed E-state index contributed by atoms with van der Waals surface area (Å²) in [7, 11) is 0. The van der Waals surface area contributed by atoms with Crippen molar-refractivity contribution < 1.29 is 4.79 Å². The fourth-order valence-electron chi connectivity index (χ4n) is 2.82. The first-order chi connectivity index (χ1) is 9.22. The van der Waals surface area contributed by atoms with Crippen LogP contribution in [0.5, 0.6) is 0 Å². The molecular weight excluding hydrogens is 262 g/mol. The molecule has 124 valence electrons. The van der Waals surface area contributed by atoms with Crippen molar-refractivity contribution >= 4 is 5.91 Å². The van der Waals surface area contributed by atoms with E-state index in [1.165, 1.54) is 0 Å². The Morgan fingerprint density at radius 1 is 1.19 bits per heavy atom. The van der Waals surface area contributed by atoms with Gasteiger partial charge in [0.15, 0.2) is 0 Å². The summed E-state index contributed by atoms with van der Waals surface area (Å²) in [6.45, 7) is 20.8. The van der Waals surface area contributed by atoms with E-state index >= 15 is 0 Å². The van der Waals surface area contributed by atoms with Crippen LogP contribution in [0, 0.1) is 0 Å². The van der Waals surface area contributed by atoms with E-state index in [4.69, 9.17) is 0 Å². The lowest BCUT2D eigenvalue weighted by molar-refractivity contribution is -0.151. The van der Waals surface area contributed by atoms with Crippen LogP contribution in [0.25, 0.3) is 0 Å². The van der Waals surface area contributed by atoms with E-state index in [-0.39, 0.29) is 22.5 Å². The molecule has 1 aliphatic heterocycles. The van der Waals surface area contributed by atoms with Crippen LogP contribution in [0.1, 0.15) is 68.7 Å². The Balaban J connectivity index is 3.05. The molecule has 2 N–H and O–H groups in total. The first-order valence-electron chi connectivity index (χ1n) is 8.09. The molecule has 1 heterocycles. The van der Waals surface area contributed by atoms with Crippen molar-refractivity contribution in [3.8, 4) is 0 Å². The molecule has 1 saturated heterocycles.